The van der Waals surface area contributed by atoms with Gasteiger partial charge in [0, 0.05) is 41.0 Å². The maximum Gasteiger partial charge on any atom is 0.270 e. The molecule has 0 atom stereocenters. The highest BCUT2D eigenvalue weighted by molar-refractivity contribution is 14.1. The Labute approximate surface area is 136 Å². The van der Waals surface area contributed by atoms with Gasteiger partial charge in [-0.05, 0) is 45.3 Å². The second-order valence-corrected chi connectivity index (χ2v) is 6.14. The molecule has 1 heterocycles. The van der Waals surface area contributed by atoms with Crippen molar-refractivity contribution < 1.29 is 4.92 Å². The Hall–Kier alpha value is -1.67. The number of hydrogen-bond acceptors (Lipinski definition) is 4. The monoisotopic (exact) mass is 395 g/mol. The van der Waals surface area contributed by atoms with E-state index in [1.807, 2.05) is 0 Å². The van der Waals surface area contributed by atoms with Crippen molar-refractivity contribution in [3.8, 4) is 0 Å². The lowest BCUT2D eigenvalue weighted by atomic mass is 10.1. The summed E-state index contributed by atoms with van der Waals surface area (Å²) in [6.45, 7) is 2.59. The lowest BCUT2D eigenvalue weighted by Crippen LogP contribution is -2.02. The predicted molar refractivity (Wildman–Crippen MR) is 90.1 cm³/mol. The SMILES string of the molecule is O=[N+]([O-])c1ccc(NCc2ccc3c(c2)CNC3)c(I)c1. The molecule has 1 aliphatic rings. The van der Waals surface area contributed by atoms with Crippen molar-refractivity contribution in [2.45, 2.75) is 19.6 Å². The fourth-order valence-electron chi connectivity index (χ4n) is 2.42. The van der Waals surface area contributed by atoms with Crippen LogP contribution in [0.2, 0.25) is 0 Å². The molecule has 0 saturated heterocycles. The lowest BCUT2D eigenvalue weighted by Gasteiger charge is -2.09. The summed E-state index contributed by atoms with van der Waals surface area (Å²) in [6.07, 6.45) is 0. The Kier molecular flexibility index (Phi) is 4.07. The van der Waals surface area contributed by atoms with Crippen LogP contribution in [-0.4, -0.2) is 4.92 Å². The van der Waals surface area contributed by atoms with E-state index in [4.69, 9.17) is 0 Å². The first kappa shape index (κ1) is 14.3. The largest absolute Gasteiger partial charge is 0.380 e. The molecule has 1 aliphatic heterocycles. The van der Waals surface area contributed by atoms with E-state index in [9.17, 15) is 10.1 Å². The van der Waals surface area contributed by atoms with Gasteiger partial charge in [-0.1, -0.05) is 18.2 Å². The van der Waals surface area contributed by atoms with Gasteiger partial charge in [-0.25, -0.2) is 0 Å². The number of benzene rings is 2. The molecule has 0 aromatic heterocycles. The number of nitro benzene ring substituents is 1. The van der Waals surface area contributed by atoms with Gasteiger partial charge in [0.1, 0.15) is 0 Å². The zero-order valence-electron chi connectivity index (χ0n) is 11.2. The number of non-ortho nitro benzene ring substituents is 1. The molecule has 3 rings (SSSR count). The topological polar surface area (TPSA) is 67.2 Å². The Morgan fingerprint density at radius 2 is 2.00 bits per heavy atom. The molecule has 0 amide bonds. The quantitative estimate of drug-likeness (QED) is 0.473. The number of nitrogens with zero attached hydrogens (tertiary/aromatic N) is 1. The van der Waals surface area contributed by atoms with Crippen molar-refractivity contribution in [1.82, 2.24) is 5.32 Å². The first-order valence-electron chi connectivity index (χ1n) is 6.63. The molecular formula is C15H14IN3O2. The van der Waals surface area contributed by atoms with Crippen LogP contribution in [0.3, 0.4) is 0 Å². The molecule has 2 aromatic rings. The Morgan fingerprint density at radius 1 is 1.19 bits per heavy atom. The summed E-state index contributed by atoms with van der Waals surface area (Å²) in [5, 5.41) is 17.4. The summed E-state index contributed by atoms with van der Waals surface area (Å²) in [7, 11) is 0. The Bertz CT molecular complexity index is 703. The van der Waals surface area contributed by atoms with Crippen LogP contribution in [0.15, 0.2) is 36.4 Å². The smallest absolute Gasteiger partial charge is 0.270 e. The minimum absolute atomic E-state index is 0.119. The van der Waals surface area contributed by atoms with Crippen LogP contribution in [0.25, 0.3) is 0 Å². The standard InChI is InChI=1S/C15H14IN3O2/c16-14-6-13(19(20)21)3-4-15(14)18-7-10-1-2-11-8-17-9-12(11)5-10/h1-6,17-18H,7-9H2. The number of nitrogens with one attached hydrogen (secondary N) is 2. The van der Waals surface area contributed by atoms with Crippen LogP contribution in [0.4, 0.5) is 11.4 Å². The van der Waals surface area contributed by atoms with Crippen LogP contribution < -0.4 is 10.6 Å². The number of nitro groups is 1. The van der Waals surface area contributed by atoms with Gasteiger partial charge in [0.15, 0.2) is 0 Å². The lowest BCUT2D eigenvalue weighted by molar-refractivity contribution is -0.384. The normalized spacial score (nSPS) is 13.0. The third kappa shape index (κ3) is 3.16. The van der Waals surface area contributed by atoms with Crippen LogP contribution in [-0.2, 0) is 19.6 Å². The Balaban J connectivity index is 1.71. The molecule has 0 radical (unpaired) electrons. The Morgan fingerprint density at radius 3 is 2.76 bits per heavy atom. The molecule has 0 saturated carbocycles. The zero-order valence-corrected chi connectivity index (χ0v) is 13.4. The van der Waals surface area contributed by atoms with Crippen molar-refractivity contribution in [3.05, 3.63) is 66.8 Å². The maximum absolute atomic E-state index is 10.7. The summed E-state index contributed by atoms with van der Waals surface area (Å²) < 4.78 is 0.852. The molecule has 2 N–H and O–H groups in total. The molecule has 0 bridgehead atoms. The van der Waals surface area contributed by atoms with E-state index in [2.05, 4.69) is 51.4 Å². The second-order valence-electron chi connectivity index (χ2n) is 4.98. The fourth-order valence-corrected chi connectivity index (χ4v) is 3.11. The third-order valence-electron chi connectivity index (χ3n) is 3.55. The second kappa shape index (κ2) is 5.98. The molecule has 5 nitrogen and oxygen atoms in total. The molecule has 0 fully saturated rings. The number of anilines is 1. The summed E-state index contributed by atoms with van der Waals surface area (Å²) in [6, 6.07) is 11.4. The van der Waals surface area contributed by atoms with E-state index < -0.39 is 0 Å². The predicted octanol–water partition coefficient (Wildman–Crippen LogP) is 3.41. The molecule has 6 heteroatoms. The van der Waals surface area contributed by atoms with Crippen molar-refractivity contribution >= 4 is 34.0 Å². The zero-order chi connectivity index (χ0) is 14.8. The van der Waals surface area contributed by atoms with E-state index in [0.717, 1.165) is 22.3 Å². The summed E-state index contributed by atoms with van der Waals surface area (Å²) >= 11 is 2.11. The summed E-state index contributed by atoms with van der Waals surface area (Å²) in [5.74, 6) is 0. The van der Waals surface area contributed by atoms with Gasteiger partial charge >= 0.3 is 0 Å². The molecule has 0 spiro atoms. The summed E-state index contributed by atoms with van der Waals surface area (Å²) in [4.78, 5) is 10.4. The maximum atomic E-state index is 10.7. The van der Waals surface area contributed by atoms with Crippen molar-refractivity contribution in [1.29, 1.82) is 0 Å². The molecule has 2 aromatic carbocycles. The average Bonchev–Trinajstić information content (AvgIpc) is 2.93. The third-order valence-corrected chi connectivity index (χ3v) is 4.44. The van der Waals surface area contributed by atoms with Crippen molar-refractivity contribution in [3.63, 3.8) is 0 Å². The van der Waals surface area contributed by atoms with Gasteiger partial charge in [-0.2, -0.15) is 0 Å². The summed E-state index contributed by atoms with van der Waals surface area (Å²) in [5.41, 5.74) is 4.97. The van der Waals surface area contributed by atoms with Crippen LogP contribution in [0, 0.1) is 13.7 Å². The van der Waals surface area contributed by atoms with Crippen LogP contribution >= 0.6 is 22.6 Å². The molecule has 0 aliphatic carbocycles. The first-order valence-corrected chi connectivity index (χ1v) is 7.70. The fraction of sp³-hybridized carbons (Fsp3) is 0.200. The minimum atomic E-state index is -0.376. The highest BCUT2D eigenvalue weighted by Crippen LogP contribution is 2.24. The van der Waals surface area contributed by atoms with E-state index in [0.29, 0.717) is 6.54 Å². The van der Waals surface area contributed by atoms with E-state index >= 15 is 0 Å². The average molecular weight is 395 g/mol. The van der Waals surface area contributed by atoms with Gasteiger partial charge < -0.3 is 10.6 Å². The van der Waals surface area contributed by atoms with Gasteiger partial charge in [-0.3, -0.25) is 10.1 Å². The molecule has 21 heavy (non-hydrogen) atoms. The van der Waals surface area contributed by atoms with E-state index in [1.165, 1.54) is 22.8 Å². The van der Waals surface area contributed by atoms with Gasteiger partial charge in [-0.15, -0.1) is 0 Å². The van der Waals surface area contributed by atoms with Gasteiger partial charge in [0.05, 0.1) is 4.92 Å². The highest BCUT2D eigenvalue weighted by atomic mass is 127. The van der Waals surface area contributed by atoms with Gasteiger partial charge in [0.25, 0.3) is 5.69 Å². The van der Waals surface area contributed by atoms with Crippen LogP contribution in [0.5, 0.6) is 0 Å². The molecule has 0 unspecified atom stereocenters. The highest BCUT2D eigenvalue weighted by Gasteiger charge is 2.11. The molecule has 108 valence electrons. The van der Waals surface area contributed by atoms with E-state index in [1.54, 1.807) is 12.1 Å². The van der Waals surface area contributed by atoms with Crippen molar-refractivity contribution in [2.75, 3.05) is 5.32 Å². The van der Waals surface area contributed by atoms with Crippen molar-refractivity contribution in [2.24, 2.45) is 0 Å². The van der Waals surface area contributed by atoms with Gasteiger partial charge in [0.2, 0.25) is 0 Å². The molecular weight excluding hydrogens is 381 g/mol. The van der Waals surface area contributed by atoms with E-state index in [-0.39, 0.29) is 10.6 Å². The first-order chi connectivity index (χ1) is 10.1. The number of fused-ring (bicyclic) bond motifs is 1. The number of rotatable bonds is 4. The van der Waals surface area contributed by atoms with Crippen LogP contribution in [0.1, 0.15) is 16.7 Å². The number of hydrogen-bond donors (Lipinski definition) is 2. The minimum Gasteiger partial charge on any atom is -0.380 e. The number of halogens is 1.